The summed E-state index contributed by atoms with van der Waals surface area (Å²) in [6.45, 7) is 4.64. The Bertz CT molecular complexity index is 590. The number of aryl methyl sites for hydroxylation is 2. The summed E-state index contributed by atoms with van der Waals surface area (Å²) in [7, 11) is 1.88. The number of thiophene rings is 1. The van der Waals surface area contributed by atoms with Gasteiger partial charge < -0.3 is 10.6 Å². The molecular formula is C15H18N2OS. The zero-order valence-electron chi connectivity index (χ0n) is 11.4. The zero-order chi connectivity index (χ0) is 13.8. The van der Waals surface area contributed by atoms with Crippen molar-refractivity contribution in [2.45, 2.75) is 20.4 Å². The van der Waals surface area contributed by atoms with Crippen LogP contribution in [0.25, 0.3) is 0 Å². The summed E-state index contributed by atoms with van der Waals surface area (Å²) in [4.78, 5) is 13.3. The van der Waals surface area contributed by atoms with E-state index in [9.17, 15) is 4.79 Å². The van der Waals surface area contributed by atoms with Crippen LogP contribution in [0.15, 0.2) is 29.6 Å². The van der Waals surface area contributed by atoms with Crippen molar-refractivity contribution in [2.24, 2.45) is 0 Å². The molecule has 4 heteroatoms. The third-order valence-corrected chi connectivity index (χ3v) is 4.16. The van der Waals surface area contributed by atoms with Gasteiger partial charge in [-0.3, -0.25) is 4.79 Å². The monoisotopic (exact) mass is 274 g/mol. The van der Waals surface area contributed by atoms with Gasteiger partial charge in [-0.1, -0.05) is 0 Å². The van der Waals surface area contributed by atoms with E-state index in [4.69, 9.17) is 0 Å². The predicted molar refractivity (Wildman–Crippen MR) is 81.0 cm³/mol. The van der Waals surface area contributed by atoms with Crippen molar-refractivity contribution in [2.75, 3.05) is 12.4 Å². The van der Waals surface area contributed by atoms with Crippen LogP contribution >= 0.6 is 11.3 Å². The van der Waals surface area contributed by atoms with Crippen LogP contribution in [0.1, 0.15) is 26.4 Å². The van der Waals surface area contributed by atoms with Gasteiger partial charge in [0.1, 0.15) is 0 Å². The number of hydrogen-bond donors (Lipinski definition) is 2. The Labute approximate surface area is 117 Å². The number of anilines is 1. The first kappa shape index (κ1) is 13.6. The zero-order valence-corrected chi connectivity index (χ0v) is 12.2. The minimum absolute atomic E-state index is 0.0291. The molecule has 0 atom stereocenters. The van der Waals surface area contributed by atoms with Crippen LogP contribution in [0.2, 0.25) is 0 Å². The molecule has 0 saturated carbocycles. The first-order valence-corrected chi connectivity index (χ1v) is 7.09. The predicted octanol–water partition coefficient (Wildman–Crippen LogP) is 3.34. The van der Waals surface area contributed by atoms with Crippen molar-refractivity contribution < 1.29 is 4.79 Å². The van der Waals surface area contributed by atoms with E-state index < -0.39 is 0 Å². The highest BCUT2D eigenvalue weighted by Crippen LogP contribution is 2.17. The maximum atomic E-state index is 12.1. The van der Waals surface area contributed by atoms with Gasteiger partial charge in [-0.2, -0.15) is 0 Å². The molecule has 2 N–H and O–H groups in total. The van der Waals surface area contributed by atoms with Crippen LogP contribution in [-0.4, -0.2) is 13.0 Å². The highest BCUT2D eigenvalue weighted by atomic mass is 32.1. The van der Waals surface area contributed by atoms with Crippen LogP contribution in [0.3, 0.4) is 0 Å². The second-order valence-electron chi connectivity index (χ2n) is 4.49. The Morgan fingerprint density at radius 1 is 1.21 bits per heavy atom. The van der Waals surface area contributed by atoms with Crippen LogP contribution in [0.5, 0.6) is 0 Å². The molecule has 1 amide bonds. The van der Waals surface area contributed by atoms with Gasteiger partial charge in [-0.25, -0.2) is 0 Å². The Morgan fingerprint density at radius 3 is 2.58 bits per heavy atom. The van der Waals surface area contributed by atoms with E-state index in [1.807, 2.05) is 37.6 Å². The summed E-state index contributed by atoms with van der Waals surface area (Å²) in [6, 6.07) is 7.75. The fraction of sp³-hybridized carbons (Fsp3) is 0.267. The van der Waals surface area contributed by atoms with E-state index in [1.54, 1.807) is 11.3 Å². The van der Waals surface area contributed by atoms with Crippen LogP contribution < -0.4 is 10.6 Å². The molecule has 0 unspecified atom stereocenters. The van der Waals surface area contributed by atoms with E-state index in [0.717, 1.165) is 11.3 Å². The second kappa shape index (κ2) is 5.89. The normalized spacial score (nSPS) is 10.3. The molecule has 2 rings (SSSR count). The summed E-state index contributed by atoms with van der Waals surface area (Å²) in [5.41, 5.74) is 4.05. The lowest BCUT2D eigenvalue weighted by molar-refractivity contribution is 0.0951. The van der Waals surface area contributed by atoms with Gasteiger partial charge in [0.2, 0.25) is 0 Å². The molecule has 1 aromatic heterocycles. The Hall–Kier alpha value is -1.81. The molecule has 0 spiro atoms. The summed E-state index contributed by atoms with van der Waals surface area (Å²) in [5, 5.41) is 8.10. The lowest BCUT2D eigenvalue weighted by Crippen LogP contribution is -2.22. The van der Waals surface area contributed by atoms with Gasteiger partial charge in [0.15, 0.2) is 0 Å². The number of benzene rings is 1. The van der Waals surface area contributed by atoms with Crippen LogP contribution in [0, 0.1) is 13.8 Å². The lowest BCUT2D eigenvalue weighted by Gasteiger charge is -2.08. The fourth-order valence-electron chi connectivity index (χ4n) is 1.93. The fourth-order valence-corrected chi connectivity index (χ4v) is 2.78. The molecule has 0 aliphatic rings. The number of nitrogens with one attached hydrogen (secondary N) is 2. The molecule has 0 bridgehead atoms. The summed E-state index contributed by atoms with van der Waals surface area (Å²) in [6.07, 6.45) is 0. The van der Waals surface area contributed by atoms with Crippen LogP contribution in [-0.2, 0) is 6.54 Å². The molecule has 0 fully saturated rings. The quantitative estimate of drug-likeness (QED) is 0.898. The highest BCUT2D eigenvalue weighted by Gasteiger charge is 2.08. The van der Waals surface area contributed by atoms with Gasteiger partial charge in [-0.05, 0) is 54.6 Å². The minimum atomic E-state index is -0.0291. The number of hydrogen-bond acceptors (Lipinski definition) is 3. The SMILES string of the molecule is CNc1ccc(C(=O)NCc2sccc2C)cc1C. The highest BCUT2D eigenvalue weighted by molar-refractivity contribution is 7.10. The molecular weight excluding hydrogens is 256 g/mol. The Balaban J connectivity index is 2.04. The van der Waals surface area contributed by atoms with Gasteiger partial charge >= 0.3 is 0 Å². The molecule has 0 saturated heterocycles. The van der Waals surface area contributed by atoms with Gasteiger partial charge in [0.05, 0.1) is 6.54 Å². The van der Waals surface area contributed by atoms with Crippen molar-refractivity contribution in [3.63, 3.8) is 0 Å². The second-order valence-corrected chi connectivity index (χ2v) is 5.49. The maximum absolute atomic E-state index is 12.1. The largest absolute Gasteiger partial charge is 0.388 e. The van der Waals surface area contributed by atoms with E-state index >= 15 is 0 Å². The first-order chi connectivity index (χ1) is 9.11. The molecule has 0 aliphatic carbocycles. The number of amides is 1. The van der Waals surface area contributed by atoms with E-state index in [1.165, 1.54) is 10.4 Å². The van der Waals surface area contributed by atoms with Gasteiger partial charge in [-0.15, -0.1) is 11.3 Å². The van der Waals surface area contributed by atoms with Crippen molar-refractivity contribution >= 4 is 22.9 Å². The summed E-state index contributed by atoms with van der Waals surface area (Å²) < 4.78 is 0. The maximum Gasteiger partial charge on any atom is 0.251 e. The van der Waals surface area contributed by atoms with Crippen molar-refractivity contribution in [3.05, 3.63) is 51.2 Å². The van der Waals surface area contributed by atoms with E-state index in [0.29, 0.717) is 12.1 Å². The molecule has 0 aliphatic heterocycles. The molecule has 1 aromatic carbocycles. The summed E-state index contributed by atoms with van der Waals surface area (Å²) in [5.74, 6) is -0.0291. The van der Waals surface area contributed by atoms with Crippen molar-refractivity contribution in [1.29, 1.82) is 0 Å². The standard InChI is InChI=1S/C15H18N2OS/c1-10-6-7-19-14(10)9-17-15(18)12-4-5-13(16-3)11(2)8-12/h4-8,16H,9H2,1-3H3,(H,17,18). The van der Waals surface area contributed by atoms with Gasteiger partial charge in [0.25, 0.3) is 5.91 Å². The molecule has 1 heterocycles. The topological polar surface area (TPSA) is 41.1 Å². The lowest BCUT2D eigenvalue weighted by atomic mass is 10.1. The molecule has 2 aromatic rings. The van der Waals surface area contributed by atoms with Crippen LogP contribution in [0.4, 0.5) is 5.69 Å². The molecule has 19 heavy (non-hydrogen) atoms. The van der Waals surface area contributed by atoms with E-state index in [2.05, 4.69) is 23.6 Å². The summed E-state index contributed by atoms with van der Waals surface area (Å²) >= 11 is 1.67. The first-order valence-electron chi connectivity index (χ1n) is 6.21. The number of carbonyl (C=O) groups is 1. The Kier molecular flexibility index (Phi) is 4.22. The molecule has 100 valence electrons. The molecule has 3 nitrogen and oxygen atoms in total. The number of rotatable bonds is 4. The van der Waals surface area contributed by atoms with E-state index in [-0.39, 0.29) is 5.91 Å². The average molecular weight is 274 g/mol. The third kappa shape index (κ3) is 3.15. The third-order valence-electron chi connectivity index (χ3n) is 3.14. The smallest absolute Gasteiger partial charge is 0.251 e. The number of carbonyl (C=O) groups excluding carboxylic acids is 1. The minimum Gasteiger partial charge on any atom is -0.388 e. The average Bonchev–Trinajstić information content (AvgIpc) is 2.81. The van der Waals surface area contributed by atoms with Gasteiger partial charge in [0, 0.05) is 23.2 Å². The molecule has 0 radical (unpaired) electrons. The van der Waals surface area contributed by atoms with Crippen molar-refractivity contribution in [1.82, 2.24) is 5.32 Å². The van der Waals surface area contributed by atoms with Crippen molar-refractivity contribution in [3.8, 4) is 0 Å². The Morgan fingerprint density at radius 2 is 2.00 bits per heavy atom.